The van der Waals surface area contributed by atoms with E-state index in [4.69, 9.17) is 10.8 Å². The average molecular weight is 284 g/mol. The van der Waals surface area contributed by atoms with Crippen LogP contribution in [0.4, 0.5) is 0 Å². The molecule has 5 heteroatoms. The molecule has 116 valence electrons. The summed E-state index contributed by atoms with van der Waals surface area (Å²) in [6.45, 7) is 2.34. The van der Waals surface area contributed by atoms with Crippen molar-refractivity contribution in [2.45, 2.75) is 70.8 Å². The molecule has 4 N–H and O–H groups in total. The van der Waals surface area contributed by atoms with Gasteiger partial charge in [0.25, 0.3) is 0 Å². The highest BCUT2D eigenvalue weighted by Gasteiger charge is 2.38. The molecule has 0 aromatic heterocycles. The molecule has 1 fully saturated rings. The molecule has 1 atom stereocenters. The summed E-state index contributed by atoms with van der Waals surface area (Å²) in [4.78, 5) is 23.5. The predicted octanol–water partition coefficient (Wildman–Crippen LogP) is 2.05. The van der Waals surface area contributed by atoms with Crippen LogP contribution >= 0.6 is 0 Å². The fraction of sp³-hybridized carbons (Fsp3) is 0.867. The molecular formula is C15H28N2O3. The van der Waals surface area contributed by atoms with Gasteiger partial charge in [-0.2, -0.15) is 0 Å². The summed E-state index contributed by atoms with van der Waals surface area (Å²) in [5, 5.41) is 11.9. The van der Waals surface area contributed by atoms with Crippen molar-refractivity contribution in [3.8, 4) is 0 Å². The van der Waals surface area contributed by atoms with Crippen molar-refractivity contribution in [3.05, 3.63) is 0 Å². The molecule has 5 nitrogen and oxygen atoms in total. The van der Waals surface area contributed by atoms with Crippen molar-refractivity contribution in [2.75, 3.05) is 6.54 Å². The fourth-order valence-corrected chi connectivity index (χ4v) is 3.05. The fourth-order valence-electron chi connectivity index (χ4n) is 3.05. The van der Waals surface area contributed by atoms with E-state index in [1.54, 1.807) is 0 Å². The second-order valence-electron chi connectivity index (χ2n) is 5.96. The number of carboxylic acids is 1. The number of amides is 1. The number of aliphatic carboxylic acids is 1. The van der Waals surface area contributed by atoms with Gasteiger partial charge in [-0.3, -0.25) is 9.59 Å². The third-order valence-corrected chi connectivity index (χ3v) is 4.33. The minimum absolute atomic E-state index is 0.0137. The maximum absolute atomic E-state index is 12.6. The number of nitrogens with one attached hydrogen (secondary N) is 1. The Labute approximate surface area is 121 Å². The molecule has 0 spiro atoms. The normalized spacial score (nSPS) is 19.9. The average Bonchev–Trinajstić information content (AvgIpc) is 2.64. The lowest BCUT2D eigenvalue weighted by molar-refractivity contribution is -0.138. The molecule has 1 unspecified atom stereocenters. The summed E-state index contributed by atoms with van der Waals surface area (Å²) in [6.07, 6.45) is 7.55. The molecule has 0 bridgehead atoms. The van der Waals surface area contributed by atoms with Crippen LogP contribution in [0.15, 0.2) is 0 Å². The lowest BCUT2D eigenvalue weighted by Crippen LogP contribution is -2.49. The van der Waals surface area contributed by atoms with Crippen LogP contribution in [-0.2, 0) is 9.59 Å². The molecular weight excluding hydrogens is 256 g/mol. The van der Waals surface area contributed by atoms with Gasteiger partial charge >= 0.3 is 5.97 Å². The van der Waals surface area contributed by atoms with E-state index in [9.17, 15) is 9.59 Å². The number of carboxylic acid groups (broad SMARTS) is 1. The van der Waals surface area contributed by atoms with Crippen LogP contribution in [0.3, 0.4) is 0 Å². The number of carbonyl (C=O) groups is 2. The zero-order chi connectivity index (χ0) is 15.0. The maximum Gasteiger partial charge on any atom is 0.305 e. The third kappa shape index (κ3) is 4.78. The highest BCUT2D eigenvalue weighted by Crippen LogP contribution is 2.34. The van der Waals surface area contributed by atoms with E-state index in [2.05, 4.69) is 5.32 Å². The van der Waals surface area contributed by atoms with Crippen molar-refractivity contribution in [2.24, 2.45) is 11.1 Å². The zero-order valence-corrected chi connectivity index (χ0v) is 12.5. The first kappa shape index (κ1) is 17.0. The highest BCUT2D eigenvalue weighted by atomic mass is 16.4. The monoisotopic (exact) mass is 284 g/mol. The van der Waals surface area contributed by atoms with E-state index in [0.29, 0.717) is 13.0 Å². The van der Waals surface area contributed by atoms with E-state index < -0.39 is 11.4 Å². The standard InChI is InChI=1S/C15H28N2O3/c1-2-7-12(10-13(18)19)17-14(20)15(11-16)8-5-3-4-6-9-15/h12H,2-11,16H2,1H3,(H,17,20)(H,18,19). The van der Waals surface area contributed by atoms with E-state index in [1.807, 2.05) is 6.92 Å². The SMILES string of the molecule is CCCC(CC(=O)O)NC(=O)C1(CN)CCCCCC1. The molecule has 20 heavy (non-hydrogen) atoms. The van der Waals surface area contributed by atoms with E-state index in [1.165, 1.54) is 0 Å². The summed E-state index contributed by atoms with van der Waals surface area (Å²) in [7, 11) is 0. The zero-order valence-electron chi connectivity index (χ0n) is 12.5. The predicted molar refractivity (Wildman–Crippen MR) is 78.3 cm³/mol. The molecule has 0 radical (unpaired) electrons. The minimum atomic E-state index is -0.869. The van der Waals surface area contributed by atoms with Crippen LogP contribution in [0, 0.1) is 5.41 Å². The Morgan fingerprint density at radius 3 is 2.30 bits per heavy atom. The first-order chi connectivity index (χ1) is 9.54. The summed E-state index contributed by atoms with van der Waals surface area (Å²) in [5.41, 5.74) is 5.40. The molecule has 0 aromatic carbocycles. The van der Waals surface area contributed by atoms with Gasteiger partial charge in [0.2, 0.25) is 5.91 Å². The molecule has 0 aromatic rings. The molecule has 0 heterocycles. The van der Waals surface area contributed by atoms with Crippen LogP contribution in [0.2, 0.25) is 0 Å². The van der Waals surface area contributed by atoms with Crippen LogP contribution in [0.5, 0.6) is 0 Å². The number of hydrogen-bond acceptors (Lipinski definition) is 3. The van der Waals surface area contributed by atoms with Gasteiger partial charge in [-0.25, -0.2) is 0 Å². The summed E-state index contributed by atoms with van der Waals surface area (Å²) < 4.78 is 0. The summed E-state index contributed by atoms with van der Waals surface area (Å²) >= 11 is 0. The van der Waals surface area contributed by atoms with Crippen molar-refractivity contribution in [1.29, 1.82) is 0 Å². The Hall–Kier alpha value is -1.10. The van der Waals surface area contributed by atoms with Gasteiger partial charge in [0.05, 0.1) is 11.8 Å². The van der Waals surface area contributed by atoms with Crippen molar-refractivity contribution in [3.63, 3.8) is 0 Å². The van der Waals surface area contributed by atoms with Crippen LogP contribution in [0.25, 0.3) is 0 Å². The van der Waals surface area contributed by atoms with Crippen molar-refractivity contribution >= 4 is 11.9 Å². The topological polar surface area (TPSA) is 92.4 Å². The van der Waals surface area contributed by atoms with Gasteiger partial charge in [-0.05, 0) is 19.3 Å². The van der Waals surface area contributed by atoms with Gasteiger partial charge in [0, 0.05) is 12.6 Å². The van der Waals surface area contributed by atoms with Crippen LogP contribution in [0.1, 0.15) is 64.7 Å². The third-order valence-electron chi connectivity index (χ3n) is 4.33. The van der Waals surface area contributed by atoms with E-state index in [0.717, 1.165) is 44.9 Å². The van der Waals surface area contributed by atoms with Gasteiger partial charge < -0.3 is 16.2 Å². The first-order valence-corrected chi connectivity index (χ1v) is 7.77. The molecule has 0 saturated heterocycles. The highest BCUT2D eigenvalue weighted by molar-refractivity contribution is 5.83. The summed E-state index contributed by atoms with van der Waals surface area (Å²) in [5.74, 6) is -0.909. The summed E-state index contributed by atoms with van der Waals surface area (Å²) in [6, 6.07) is -0.281. The molecule has 1 saturated carbocycles. The molecule has 1 aliphatic carbocycles. The Balaban J connectivity index is 2.70. The number of nitrogens with two attached hydrogens (primary N) is 1. The van der Waals surface area contributed by atoms with E-state index >= 15 is 0 Å². The van der Waals surface area contributed by atoms with Gasteiger partial charge in [-0.1, -0.05) is 39.0 Å². The van der Waals surface area contributed by atoms with Crippen molar-refractivity contribution in [1.82, 2.24) is 5.32 Å². The molecule has 1 rings (SSSR count). The second-order valence-corrected chi connectivity index (χ2v) is 5.96. The van der Waals surface area contributed by atoms with Gasteiger partial charge in [0.1, 0.15) is 0 Å². The Kier molecular flexibility index (Phi) is 6.99. The maximum atomic E-state index is 12.6. The van der Waals surface area contributed by atoms with E-state index in [-0.39, 0.29) is 18.4 Å². The number of carbonyl (C=O) groups excluding carboxylic acids is 1. The number of rotatable bonds is 7. The Morgan fingerprint density at radius 2 is 1.85 bits per heavy atom. The first-order valence-electron chi connectivity index (χ1n) is 7.77. The number of hydrogen-bond donors (Lipinski definition) is 3. The van der Waals surface area contributed by atoms with Gasteiger partial charge in [0.15, 0.2) is 0 Å². The van der Waals surface area contributed by atoms with Crippen LogP contribution < -0.4 is 11.1 Å². The second kappa shape index (κ2) is 8.25. The smallest absolute Gasteiger partial charge is 0.305 e. The lowest BCUT2D eigenvalue weighted by atomic mass is 9.79. The molecule has 1 amide bonds. The van der Waals surface area contributed by atoms with Gasteiger partial charge in [-0.15, -0.1) is 0 Å². The molecule has 0 aliphatic heterocycles. The minimum Gasteiger partial charge on any atom is -0.481 e. The lowest BCUT2D eigenvalue weighted by Gasteiger charge is -2.32. The van der Waals surface area contributed by atoms with Crippen LogP contribution in [-0.4, -0.2) is 29.6 Å². The largest absolute Gasteiger partial charge is 0.481 e. The quantitative estimate of drug-likeness (QED) is 0.624. The van der Waals surface area contributed by atoms with Crippen molar-refractivity contribution < 1.29 is 14.7 Å². The Bertz CT molecular complexity index is 323. The molecule has 1 aliphatic rings. The Morgan fingerprint density at radius 1 is 1.25 bits per heavy atom.